The number of nitrogens with zero attached hydrogens (tertiary/aromatic N) is 1. The molecular weight excluding hydrogens is 343 g/mol. The molecule has 2 rings (SSSR count). The van der Waals surface area contributed by atoms with Crippen LogP contribution in [0.15, 0.2) is 54.6 Å². The fraction of sp³-hybridized carbons (Fsp3) is 0.364. The molecule has 0 spiro atoms. The summed E-state index contributed by atoms with van der Waals surface area (Å²) in [6.07, 6.45) is 1.03. The van der Waals surface area contributed by atoms with E-state index < -0.39 is 6.04 Å². The van der Waals surface area contributed by atoms with Crippen molar-refractivity contribution in [2.45, 2.75) is 52.2 Å². The third-order valence-corrected chi connectivity index (χ3v) is 4.63. The maximum Gasteiger partial charge on any atom is 0.242 e. The molecule has 2 aromatic rings. The summed E-state index contributed by atoms with van der Waals surface area (Å²) in [6, 6.07) is 14.8. The average Bonchev–Trinajstić information content (AvgIpc) is 2.67. The van der Waals surface area contributed by atoms with Gasteiger partial charge in [-0.2, -0.15) is 0 Å². The van der Waals surface area contributed by atoms with Crippen molar-refractivity contribution in [1.82, 2.24) is 10.2 Å². The topological polar surface area (TPSA) is 49.4 Å². The molecule has 0 heterocycles. The lowest BCUT2D eigenvalue weighted by molar-refractivity contribution is -0.140. The Morgan fingerprint density at radius 1 is 1.00 bits per heavy atom. The number of halogens is 1. The Kier molecular flexibility index (Phi) is 7.53. The number of nitrogens with one attached hydrogen (secondary N) is 1. The summed E-state index contributed by atoms with van der Waals surface area (Å²) >= 11 is 0. The van der Waals surface area contributed by atoms with Crippen LogP contribution in [0.1, 0.15) is 38.3 Å². The van der Waals surface area contributed by atoms with Crippen LogP contribution < -0.4 is 5.32 Å². The van der Waals surface area contributed by atoms with Gasteiger partial charge in [-0.25, -0.2) is 4.39 Å². The second kappa shape index (κ2) is 9.86. The molecule has 0 aliphatic heterocycles. The van der Waals surface area contributed by atoms with E-state index in [1.165, 1.54) is 12.1 Å². The van der Waals surface area contributed by atoms with E-state index in [0.29, 0.717) is 0 Å². The van der Waals surface area contributed by atoms with Crippen molar-refractivity contribution in [2.24, 2.45) is 0 Å². The third kappa shape index (κ3) is 6.20. The van der Waals surface area contributed by atoms with E-state index in [0.717, 1.165) is 17.5 Å². The number of rotatable bonds is 8. The number of hydrogen-bond donors (Lipinski definition) is 1. The lowest BCUT2D eigenvalue weighted by Crippen LogP contribution is -2.49. The normalized spacial score (nSPS) is 12.9. The molecule has 4 nitrogen and oxygen atoms in total. The van der Waals surface area contributed by atoms with Gasteiger partial charge in [-0.1, -0.05) is 49.4 Å². The molecule has 0 aliphatic rings. The molecule has 2 atom stereocenters. The molecular formula is C22H27FN2O2. The lowest BCUT2D eigenvalue weighted by atomic mass is 10.1. The van der Waals surface area contributed by atoms with E-state index in [4.69, 9.17) is 0 Å². The minimum absolute atomic E-state index is 0.0387. The summed E-state index contributed by atoms with van der Waals surface area (Å²) in [5.41, 5.74) is 1.67. The first-order valence-corrected chi connectivity index (χ1v) is 9.29. The van der Waals surface area contributed by atoms with Gasteiger partial charge in [0.05, 0.1) is 6.42 Å². The predicted octanol–water partition coefficient (Wildman–Crippen LogP) is 3.70. The summed E-state index contributed by atoms with van der Waals surface area (Å²) in [4.78, 5) is 27.1. The standard InChI is InChI=1S/C22H27FN2O2/c1-4-16(2)24-22(27)17(3)25(15-19-10-12-20(23)13-11-19)21(26)14-18-8-6-5-7-9-18/h5-13,16-17H,4,14-15H2,1-3H3,(H,24,27)/t16-,17-/m1/s1. The maximum absolute atomic E-state index is 13.2. The molecule has 0 saturated carbocycles. The molecule has 27 heavy (non-hydrogen) atoms. The highest BCUT2D eigenvalue weighted by atomic mass is 19.1. The summed E-state index contributed by atoms with van der Waals surface area (Å²) < 4.78 is 13.2. The minimum Gasteiger partial charge on any atom is -0.352 e. The van der Waals surface area contributed by atoms with Crippen LogP contribution in [0.25, 0.3) is 0 Å². The van der Waals surface area contributed by atoms with Crippen LogP contribution in [0.3, 0.4) is 0 Å². The molecule has 1 N–H and O–H groups in total. The van der Waals surface area contributed by atoms with E-state index in [-0.39, 0.29) is 36.6 Å². The van der Waals surface area contributed by atoms with E-state index in [1.54, 1.807) is 24.0 Å². The molecule has 0 fully saturated rings. The average molecular weight is 370 g/mol. The molecule has 0 unspecified atom stereocenters. The predicted molar refractivity (Wildman–Crippen MR) is 104 cm³/mol. The first kappa shape index (κ1) is 20.6. The van der Waals surface area contributed by atoms with Crippen LogP contribution in [-0.2, 0) is 22.6 Å². The van der Waals surface area contributed by atoms with Crippen LogP contribution in [0.2, 0.25) is 0 Å². The monoisotopic (exact) mass is 370 g/mol. The van der Waals surface area contributed by atoms with Crippen LogP contribution in [0.5, 0.6) is 0 Å². The Labute approximate surface area is 160 Å². The van der Waals surface area contributed by atoms with Crippen LogP contribution in [0.4, 0.5) is 4.39 Å². The summed E-state index contributed by atoms with van der Waals surface area (Å²) in [7, 11) is 0. The van der Waals surface area contributed by atoms with Gasteiger partial charge in [-0.05, 0) is 43.5 Å². The minimum atomic E-state index is -0.625. The summed E-state index contributed by atoms with van der Waals surface area (Å²) in [6.45, 7) is 5.90. The fourth-order valence-electron chi connectivity index (χ4n) is 2.71. The molecule has 144 valence electrons. The van der Waals surface area contributed by atoms with E-state index in [1.807, 2.05) is 44.2 Å². The molecule has 0 aromatic heterocycles. The van der Waals surface area contributed by atoms with Gasteiger partial charge in [0, 0.05) is 12.6 Å². The Bertz CT molecular complexity index is 747. The van der Waals surface area contributed by atoms with Gasteiger partial charge in [0.15, 0.2) is 0 Å². The van der Waals surface area contributed by atoms with Gasteiger partial charge in [0.25, 0.3) is 0 Å². The summed E-state index contributed by atoms with van der Waals surface area (Å²) in [5, 5.41) is 2.93. The molecule has 0 bridgehead atoms. The van der Waals surface area contributed by atoms with Gasteiger partial charge in [-0.15, -0.1) is 0 Å². The second-order valence-electron chi connectivity index (χ2n) is 6.80. The van der Waals surface area contributed by atoms with Gasteiger partial charge in [0.1, 0.15) is 11.9 Å². The largest absolute Gasteiger partial charge is 0.352 e. The Balaban J connectivity index is 2.19. The first-order chi connectivity index (χ1) is 12.9. The highest BCUT2D eigenvalue weighted by Crippen LogP contribution is 2.13. The number of carbonyl (C=O) groups excluding carboxylic acids is 2. The van der Waals surface area contributed by atoms with Crippen molar-refractivity contribution in [3.05, 3.63) is 71.5 Å². The van der Waals surface area contributed by atoms with Crippen LogP contribution >= 0.6 is 0 Å². The molecule has 0 aliphatic carbocycles. The molecule has 2 aromatic carbocycles. The van der Waals surface area contributed by atoms with Crippen LogP contribution in [-0.4, -0.2) is 28.8 Å². The SMILES string of the molecule is CC[C@@H](C)NC(=O)[C@@H](C)N(Cc1ccc(F)cc1)C(=O)Cc1ccccc1. The smallest absolute Gasteiger partial charge is 0.242 e. The number of benzene rings is 2. The molecule has 2 amide bonds. The number of carbonyl (C=O) groups is 2. The highest BCUT2D eigenvalue weighted by molar-refractivity contribution is 5.88. The molecule has 5 heteroatoms. The first-order valence-electron chi connectivity index (χ1n) is 9.29. The summed E-state index contributed by atoms with van der Waals surface area (Å²) in [5.74, 6) is -0.659. The second-order valence-corrected chi connectivity index (χ2v) is 6.80. The Morgan fingerprint density at radius 2 is 1.63 bits per heavy atom. The van der Waals surface area contributed by atoms with Gasteiger partial charge >= 0.3 is 0 Å². The van der Waals surface area contributed by atoms with Gasteiger partial charge in [0.2, 0.25) is 11.8 Å². The lowest BCUT2D eigenvalue weighted by Gasteiger charge is -2.29. The van der Waals surface area contributed by atoms with Crippen molar-refractivity contribution in [2.75, 3.05) is 0 Å². The Hall–Kier alpha value is -2.69. The zero-order chi connectivity index (χ0) is 19.8. The van der Waals surface area contributed by atoms with E-state index in [9.17, 15) is 14.0 Å². The van der Waals surface area contributed by atoms with Crippen molar-refractivity contribution in [1.29, 1.82) is 0 Å². The zero-order valence-electron chi connectivity index (χ0n) is 16.1. The quantitative estimate of drug-likeness (QED) is 0.770. The van der Waals surface area contributed by atoms with Crippen molar-refractivity contribution >= 4 is 11.8 Å². The zero-order valence-corrected chi connectivity index (χ0v) is 16.1. The van der Waals surface area contributed by atoms with Crippen molar-refractivity contribution < 1.29 is 14.0 Å². The van der Waals surface area contributed by atoms with Crippen molar-refractivity contribution in [3.8, 4) is 0 Å². The van der Waals surface area contributed by atoms with Gasteiger partial charge in [-0.3, -0.25) is 9.59 Å². The Morgan fingerprint density at radius 3 is 2.22 bits per heavy atom. The van der Waals surface area contributed by atoms with E-state index in [2.05, 4.69) is 5.32 Å². The van der Waals surface area contributed by atoms with Crippen LogP contribution in [0, 0.1) is 5.82 Å². The third-order valence-electron chi connectivity index (χ3n) is 4.63. The highest BCUT2D eigenvalue weighted by Gasteiger charge is 2.26. The molecule has 0 radical (unpaired) electrons. The van der Waals surface area contributed by atoms with Crippen molar-refractivity contribution in [3.63, 3.8) is 0 Å². The van der Waals surface area contributed by atoms with E-state index >= 15 is 0 Å². The van der Waals surface area contributed by atoms with Gasteiger partial charge < -0.3 is 10.2 Å². The number of hydrogen-bond acceptors (Lipinski definition) is 2. The maximum atomic E-state index is 13.2. The number of amides is 2. The fourth-order valence-corrected chi connectivity index (χ4v) is 2.71. The molecule has 0 saturated heterocycles.